The Balaban J connectivity index is 1.17. The Hall–Kier alpha value is -4.13. The Labute approximate surface area is 183 Å². The zero-order chi connectivity index (χ0) is 22.2. The number of nitrogens with zero attached hydrogens (tertiary/aromatic N) is 5. The molecule has 2 aliphatic rings. The number of phenolic OH excluding ortho intramolecular Hbond substituents is 1. The Morgan fingerprint density at radius 3 is 2.53 bits per heavy atom. The van der Waals surface area contributed by atoms with E-state index in [-0.39, 0.29) is 47.3 Å². The summed E-state index contributed by atoms with van der Waals surface area (Å²) >= 11 is 0. The number of aromatic nitrogens is 3. The summed E-state index contributed by atoms with van der Waals surface area (Å²) in [5.74, 6) is 0.475. The first-order valence-corrected chi connectivity index (χ1v) is 10.3. The molecule has 0 bridgehead atoms. The molecule has 2 fully saturated rings. The van der Waals surface area contributed by atoms with E-state index in [2.05, 4.69) is 15.4 Å². The van der Waals surface area contributed by atoms with Crippen LogP contribution < -0.4 is 4.74 Å². The maximum Gasteiger partial charge on any atom is 0.260 e. The molecule has 0 saturated carbocycles. The first-order valence-electron chi connectivity index (χ1n) is 10.3. The number of hydrogen-bond donors (Lipinski definition) is 2. The van der Waals surface area contributed by atoms with Gasteiger partial charge in [0.25, 0.3) is 11.8 Å². The fourth-order valence-corrected chi connectivity index (χ4v) is 4.48. The van der Waals surface area contributed by atoms with E-state index in [0.717, 1.165) is 0 Å². The summed E-state index contributed by atoms with van der Waals surface area (Å²) < 4.78 is 5.52. The van der Waals surface area contributed by atoms with Crippen LogP contribution in [0.1, 0.15) is 15.9 Å². The number of rotatable bonds is 4. The molecule has 32 heavy (non-hydrogen) atoms. The van der Waals surface area contributed by atoms with Crippen LogP contribution in [-0.2, 0) is 4.79 Å². The number of carbonyl (C=O) groups is 2. The minimum Gasteiger partial charge on any atom is -0.508 e. The summed E-state index contributed by atoms with van der Waals surface area (Å²) in [6.45, 7) is 2.15. The number of benzene rings is 2. The minimum atomic E-state index is -0.181. The summed E-state index contributed by atoms with van der Waals surface area (Å²) in [5, 5.41) is 29.2. The van der Waals surface area contributed by atoms with Crippen LogP contribution in [0.25, 0.3) is 11.0 Å². The molecular formula is C22H20N6O4. The number of aromatic hydroxyl groups is 1. The second kappa shape index (κ2) is 7.85. The lowest BCUT2D eigenvalue weighted by atomic mass is 10.0. The van der Waals surface area contributed by atoms with Crippen molar-refractivity contribution in [1.29, 1.82) is 5.26 Å². The number of fused-ring (bicyclic) bond motifs is 2. The van der Waals surface area contributed by atoms with Gasteiger partial charge in [-0.1, -0.05) is 0 Å². The van der Waals surface area contributed by atoms with Crippen LogP contribution in [0.4, 0.5) is 0 Å². The molecule has 0 radical (unpaired) electrons. The van der Waals surface area contributed by atoms with Crippen LogP contribution in [-0.4, -0.2) is 74.9 Å². The third-order valence-corrected chi connectivity index (χ3v) is 6.12. The van der Waals surface area contributed by atoms with E-state index >= 15 is 0 Å². The van der Waals surface area contributed by atoms with Gasteiger partial charge in [0.15, 0.2) is 6.61 Å². The lowest BCUT2D eigenvalue weighted by molar-refractivity contribution is -0.132. The number of H-pyrrole nitrogens is 1. The molecule has 162 valence electrons. The quantitative estimate of drug-likeness (QED) is 0.631. The van der Waals surface area contributed by atoms with Gasteiger partial charge < -0.3 is 19.6 Å². The number of ether oxygens (including phenoxy) is 1. The Bertz CT molecular complexity index is 1230. The van der Waals surface area contributed by atoms with Crippen molar-refractivity contribution >= 4 is 22.8 Å². The highest BCUT2D eigenvalue weighted by Gasteiger charge is 2.43. The number of likely N-dealkylation sites (tertiary alicyclic amines) is 2. The largest absolute Gasteiger partial charge is 0.508 e. The second-order valence-corrected chi connectivity index (χ2v) is 8.14. The first-order chi connectivity index (χ1) is 15.5. The van der Waals surface area contributed by atoms with Gasteiger partial charge in [-0.3, -0.25) is 9.59 Å². The SMILES string of the molecule is N#Cc1cc(O)ccc1OCC(=O)N1CC2CN(C(=O)c3ccc4n[nH]nc4c3)CC2C1. The molecule has 3 heterocycles. The average Bonchev–Trinajstić information content (AvgIpc) is 3.51. The van der Waals surface area contributed by atoms with Crippen LogP contribution >= 0.6 is 0 Å². The number of nitrogens with one attached hydrogen (secondary N) is 1. The predicted octanol–water partition coefficient (Wildman–Crippen LogP) is 1.14. The van der Waals surface area contributed by atoms with Crippen LogP contribution in [0.15, 0.2) is 36.4 Å². The summed E-state index contributed by atoms with van der Waals surface area (Å²) in [7, 11) is 0. The van der Waals surface area contributed by atoms with Gasteiger partial charge >= 0.3 is 0 Å². The van der Waals surface area contributed by atoms with Gasteiger partial charge in [-0.15, -0.1) is 0 Å². The molecule has 3 aromatic rings. The lowest BCUT2D eigenvalue weighted by Crippen LogP contribution is -2.37. The van der Waals surface area contributed by atoms with Crippen LogP contribution in [0.2, 0.25) is 0 Å². The minimum absolute atomic E-state index is 0.0346. The molecule has 2 atom stereocenters. The van der Waals surface area contributed by atoms with Gasteiger partial charge in [0.05, 0.1) is 5.56 Å². The topological polar surface area (TPSA) is 135 Å². The zero-order valence-corrected chi connectivity index (χ0v) is 17.1. The predicted molar refractivity (Wildman–Crippen MR) is 112 cm³/mol. The third-order valence-electron chi connectivity index (χ3n) is 6.12. The number of carbonyl (C=O) groups excluding carboxylic acids is 2. The van der Waals surface area contributed by atoms with E-state index in [1.807, 2.05) is 11.0 Å². The van der Waals surface area contributed by atoms with E-state index in [9.17, 15) is 14.7 Å². The fourth-order valence-electron chi connectivity index (χ4n) is 4.48. The molecule has 2 unspecified atom stereocenters. The molecule has 2 aromatic carbocycles. The highest BCUT2D eigenvalue weighted by atomic mass is 16.5. The van der Waals surface area contributed by atoms with Crippen molar-refractivity contribution in [2.75, 3.05) is 32.8 Å². The molecule has 0 aliphatic carbocycles. The van der Waals surface area contributed by atoms with E-state index < -0.39 is 0 Å². The van der Waals surface area contributed by atoms with Crippen molar-refractivity contribution in [3.63, 3.8) is 0 Å². The molecule has 2 aliphatic heterocycles. The van der Waals surface area contributed by atoms with Crippen molar-refractivity contribution in [3.05, 3.63) is 47.5 Å². The standard InChI is InChI=1S/C22H20N6O4/c23-7-14-5-17(29)2-4-20(14)32-12-21(30)27-8-15-10-28(11-16(15)9-27)22(31)13-1-3-18-19(6-13)25-26-24-18/h1-6,15-16,29H,8-12H2,(H,24,25,26). The number of phenols is 1. The summed E-state index contributed by atoms with van der Waals surface area (Å²) in [6.07, 6.45) is 0. The second-order valence-electron chi connectivity index (χ2n) is 8.14. The molecule has 5 rings (SSSR count). The molecule has 2 amide bonds. The van der Waals surface area contributed by atoms with E-state index in [0.29, 0.717) is 42.8 Å². The van der Waals surface area contributed by atoms with E-state index in [1.165, 1.54) is 18.2 Å². The molecule has 2 N–H and O–H groups in total. The molecule has 10 heteroatoms. The molecule has 0 spiro atoms. The van der Waals surface area contributed by atoms with Crippen molar-refractivity contribution in [1.82, 2.24) is 25.2 Å². The van der Waals surface area contributed by atoms with Gasteiger partial charge in [0, 0.05) is 49.6 Å². The summed E-state index contributed by atoms with van der Waals surface area (Å²) in [5.41, 5.74) is 2.12. The normalized spacial score (nSPS) is 19.7. The maximum atomic E-state index is 12.9. The average molecular weight is 432 g/mol. The Morgan fingerprint density at radius 2 is 1.78 bits per heavy atom. The number of nitriles is 1. The van der Waals surface area contributed by atoms with Gasteiger partial charge in [-0.2, -0.15) is 20.7 Å². The number of aromatic amines is 1. The Morgan fingerprint density at radius 1 is 1.06 bits per heavy atom. The van der Waals surface area contributed by atoms with Gasteiger partial charge in [-0.25, -0.2) is 0 Å². The van der Waals surface area contributed by atoms with Gasteiger partial charge in [-0.05, 0) is 30.3 Å². The van der Waals surface area contributed by atoms with E-state index in [4.69, 9.17) is 10.00 Å². The fraction of sp³-hybridized carbons (Fsp3) is 0.318. The van der Waals surface area contributed by atoms with Crippen molar-refractivity contribution < 1.29 is 19.4 Å². The molecule has 2 saturated heterocycles. The highest BCUT2D eigenvalue weighted by Crippen LogP contribution is 2.32. The van der Waals surface area contributed by atoms with Crippen molar-refractivity contribution in [2.45, 2.75) is 0 Å². The third kappa shape index (κ3) is 3.58. The lowest BCUT2D eigenvalue weighted by Gasteiger charge is -2.22. The highest BCUT2D eigenvalue weighted by molar-refractivity contribution is 5.97. The summed E-state index contributed by atoms with van der Waals surface area (Å²) in [4.78, 5) is 29.1. The number of hydrogen-bond acceptors (Lipinski definition) is 7. The molecular weight excluding hydrogens is 412 g/mol. The Kier molecular flexibility index (Phi) is 4.86. The van der Waals surface area contributed by atoms with Crippen molar-refractivity contribution in [3.8, 4) is 17.6 Å². The van der Waals surface area contributed by atoms with Gasteiger partial charge in [0.2, 0.25) is 0 Å². The monoisotopic (exact) mass is 432 g/mol. The van der Waals surface area contributed by atoms with Crippen LogP contribution in [0.5, 0.6) is 11.5 Å². The van der Waals surface area contributed by atoms with E-state index in [1.54, 1.807) is 23.1 Å². The smallest absolute Gasteiger partial charge is 0.260 e. The molecule has 1 aromatic heterocycles. The van der Waals surface area contributed by atoms with Gasteiger partial charge in [0.1, 0.15) is 28.6 Å². The zero-order valence-electron chi connectivity index (χ0n) is 17.1. The maximum absolute atomic E-state index is 12.9. The van der Waals surface area contributed by atoms with Crippen molar-refractivity contribution in [2.24, 2.45) is 11.8 Å². The van der Waals surface area contributed by atoms with Crippen LogP contribution in [0, 0.1) is 23.2 Å². The first kappa shape index (κ1) is 19.8. The molecule has 10 nitrogen and oxygen atoms in total. The summed E-state index contributed by atoms with van der Waals surface area (Å²) in [6, 6.07) is 11.4. The number of amides is 2. The van der Waals surface area contributed by atoms with Crippen LogP contribution in [0.3, 0.4) is 0 Å².